The van der Waals surface area contributed by atoms with Crippen LogP contribution in [-0.4, -0.2) is 29.2 Å². The Labute approximate surface area is 188 Å². The lowest BCUT2D eigenvalue weighted by molar-refractivity contribution is -0.0194. The van der Waals surface area contributed by atoms with Gasteiger partial charge in [-0.25, -0.2) is 4.39 Å². The van der Waals surface area contributed by atoms with Crippen LogP contribution in [0.25, 0.3) is 0 Å². The Balaban J connectivity index is 2.26. The van der Waals surface area contributed by atoms with Crippen LogP contribution in [0, 0.1) is 11.2 Å². The smallest absolute Gasteiger partial charge is 0.192 e. The van der Waals surface area contributed by atoms with Gasteiger partial charge in [0.1, 0.15) is 21.8 Å². The lowest BCUT2D eigenvalue weighted by atomic mass is 9.57. The zero-order chi connectivity index (χ0) is 22.5. The fraction of sp³-hybridized carbons (Fsp3) is 0.762. The minimum absolute atomic E-state index is 0.119. The van der Waals surface area contributed by atoms with Gasteiger partial charge in [-0.05, 0) is 79.2 Å². The van der Waals surface area contributed by atoms with Crippen LogP contribution in [0.15, 0.2) is 16.7 Å². The quantitative estimate of drug-likeness (QED) is 0.376. The second-order valence-electron chi connectivity index (χ2n) is 11.3. The highest BCUT2D eigenvalue weighted by atomic mass is 79.9. The zero-order valence-electron chi connectivity index (χ0n) is 19.2. The van der Waals surface area contributed by atoms with E-state index in [0.717, 1.165) is 0 Å². The van der Waals surface area contributed by atoms with Gasteiger partial charge in [-0.1, -0.05) is 27.7 Å². The Hall–Kier alpha value is 0.00688. The minimum atomic E-state index is -1.88. The summed E-state index contributed by atoms with van der Waals surface area (Å²) >= 11 is 1.94. The van der Waals surface area contributed by atoms with Gasteiger partial charge < -0.3 is 8.98 Å². The number of pyridine rings is 1. The molecule has 1 heterocycles. The summed E-state index contributed by atoms with van der Waals surface area (Å²) in [5.41, 5.74) is -0.539. The predicted octanol–water partition coefficient (Wildman–Crippen LogP) is 6.05. The van der Waals surface area contributed by atoms with Crippen molar-refractivity contribution in [3.63, 3.8) is 0 Å². The minimum Gasteiger partial charge on any atom is -0.598 e. The lowest BCUT2D eigenvalue weighted by Crippen LogP contribution is -2.63. The van der Waals surface area contributed by atoms with Crippen molar-refractivity contribution in [1.82, 2.24) is 9.71 Å². The van der Waals surface area contributed by atoms with E-state index in [1.807, 2.05) is 20.8 Å². The number of halogens is 2. The maximum Gasteiger partial charge on any atom is 0.192 e. The number of hydrogen-bond donors (Lipinski definition) is 1. The number of hydrogen-bond acceptors (Lipinski definition) is 4. The first kappa shape index (κ1) is 25.3. The van der Waals surface area contributed by atoms with Gasteiger partial charge >= 0.3 is 0 Å². The molecule has 0 unspecified atom stereocenters. The molecule has 8 heteroatoms. The van der Waals surface area contributed by atoms with E-state index in [4.69, 9.17) is 4.43 Å². The molecule has 1 aromatic rings. The molecule has 2 rings (SSSR count). The van der Waals surface area contributed by atoms with Crippen molar-refractivity contribution in [2.75, 3.05) is 6.61 Å². The van der Waals surface area contributed by atoms with Crippen LogP contribution in [0.1, 0.15) is 67.0 Å². The van der Waals surface area contributed by atoms with E-state index in [1.54, 1.807) is 6.20 Å². The molecule has 1 fully saturated rings. The normalized spacial score (nSPS) is 26.9. The van der Waals surface area contributed by atoms with E-state index in [1.165, 1.54) is 6.07 Å². The molecule has 0 radical (unpaired) electrons. The summed E-state index contributed by atoms with van der Waals surface area (Å²) < 4.78 is 37.6. The van der Waals surface area contributed by atoms with Crippen LogP contribution in [0.4, 0.5) is 4.39 Å². The van der Waals surface area contributed by atoms with Gasteiger partial charge in [0.05, 0.1) is 0 Å². The van der Waals surface area contributed by atoms with E-state index in [9.17, 15) is 8.94 Å². The van der Waals surface area contributed by atoms with Gasteiger partial charge in [-0.3, -0.25) is 4.98 Å². The third kappa shape index (κ3) is 5.63. The third-order valence-electron chi connectivity index (χ3n) is 6.15. The highest BCUT2D eigenvalue weighted by Crippen LogP contribution is 2.55. The van der Waals surface area contributed by atoms with Crippen molar-refractivity contribution in [2.45, 2.75) is 89.7 Å². The lowest BCUT2D eigenvalue weighted by Gasteiger charge is -2.55. The van der Waals surface area contributed by atoms with Gasteiger partial charge in [-0.15, -0.1) is 4.72 Å². The molecule has 0 amide bonds. The highest BCUT2D eigenvalue weighted by Gasteiger charge is 2.59. The summed E-state index contributed by atoms with van der Waals surface area (Å²) in [4.78, 5) is 4.37. The Morgan fingerprint density at radius 1 is 1.28 bits per heavy atom. The van der Waals surface area contributed by atoms with Crippen LogP contribution in [0.5, 0.6) is 0 Å². The average molecular weight is 508 g/mol. The second kappa shape index (κ2) is 8.17. The molecule has 1 aliphatic carbocycles. The zero-order valence-corrected chi connectivity index (χ0v) is 22.6. The monoisotopic (exact) mass is 506 g/mol. The number of nitrogens with one attached hydrogen (secondary N) is 1. The molecule has 0 saturated heterocycles. The Morgan fingerprint density at radius 3 is 2.28 bits per heavy atom. The Kier molecular flexibility index (Phi) is 7.12. The summed E-state index contributed by atoms with van der Waals surface area (Å²) in [6.07, 6.45) is 2.85. The van der Waals surface area contributed by atoms with Crippen LogP contribution < -0.4 is 4.72 Å². The summed E-state index contributed by atoms with van der Waals surface area (Å²) in [6, 6.07) is 1.42. The van der Waals surface area contributed by atoms with Crippen molar-refractivity contribution >= 4 is 35.6 Å². The first-order valence-electron chi connectivity index (χ1n) is 10.1. The molecular weight excluding hydrogens is 471 g/mol. The number of nitrogens with zero attached hydrogens (tertiary/aromatic N) is 1. The van der Waals surface area contributed by atoms with Gasteiger partial charge in [0, 0.05) is 28.6 Å². The first-order valence-corrected chi connectivity index (χ1v) is 14.9. The average Bonchev–Trinajstić information content (AvgIpc) is 2.49. The standard InChI is InChI=1S/C21H36BrFN2O2SSi/c1-18(2,3)28(26)25-21(17-16(23)10-15(22)11-24-17)12-20(7,13-21)14-27-29(8,9)19(4,5)6/h10-11,25H,12-14H2,1-9H3/t20-,21+,28-/m1/s1. The maximum absolute atomic E-state index is 14.8. The molecule has 0 aromatic carbocycles. The molecule has 1 aromatic heterocycles. The summed E-state index contributed by atoms with van der Waals surface area (Å²) in [7, 11) is -1.88. The molecule has 0 aliphatic heterocycles. The maximum atomic E-state index is 14.8. The molecule has 1 atom stereocenters. The summed E-state index contributed by atoms with van der Waals surface area (Å²) in [5.74, 6) is -0.384. The SMILES string of the molecule is CC(C)(C)[S@@+]([O-])N[C@]1(c2ncc(Br)cc2F)C[C@](C)(CO[Si](C)(C)C(C)(C)C)C1. The van der Waals surface area contributed by atoms with E-state index in [2.05, 4.69) is 66.4 Å². The topological polar surface area (TPSA) is 57.2 Å². The molecule has 1 aliphatic rings. The van der Waals surface area contributed by atoms with Gasteiger partial charge in [0.15, 0.2) is 8.32 Å². The second-order valence-corrected chi connectivity index (χ2v) is 19.0. The van der Waals surface area contributed by atoms with Crippen LogP contribution >= 0.6 is 15.9 Å². The molecule has 29 heavy (non-hydrogen) atoms. The van der Waals surface area contributed by atoms with Crippen LogP contribution in [-0.2, 0) is 21.3 Å². The molecule has 1 N–H and O–H groups in total. The van der Waals surface area contributed by atoms with Crippen molar-refractivity contribution in [3.8, 4) is 0 Å². The molecule has 0 spiro atoms. The predicted molar refractivity (Wildman–Crippen MR) is 125 cm³/mol. The van der Waals surface area contributed by atoms with Crippen LogP contribution in [0.3, 0.4) is 0 Å². The van der Waals surface area contributed by atoms with Gasteiger partial charge in [0.25, 0.3) is 0 Å². The van der Waals surface area contributed by atoms with E-state index in [-0.39, 0.29) is 16.3 Å². The number of rotatable bonds is 6. The highest BCUT2D eigenvalue weighted by molar-refractivity contribution is 9.10. The van der Waals surface area contributed by atoms with Crippen LogP contribution in [0.2, 0.25) is 18.1 Å². The third-order valence-corrected chi connectivity index (χ3v) is 12.8. The Bertz CT molecular complexity index is 743. The summed E-state index contributed by atoms with van der Waals surface area (Å²) in [6.45, 7) is 19.7. The van der Waals surface area contributed by atoms with E-state index < -0.39 is 30.0 Å². The van der Waals surface area contributed by atoms with Crippen molar-refractivity contribution < 1.29 is 13.4 Å². The molecular formula is C21H36BrFN2O2SSi. The summed E-state index contributed by atoms with van der Waals surface area (Å²) in [5, 5.41) is 0.134. The molecule has 166 valence electrons. The van der Waals surface area contributed by atoms with E-state index in [0.29, 0.717) is 29.6 Å². The molecule has 1 saturated carbocycles. The van der Waals surface area contributed by atoms with E-state index >= 15 is 0 Å². The fourth-order valence-electron chi connectivity index (χ4n) is 3.46. The van der Waals surface area contributed by atoms with Gasteiger partial charge in [0.2, 0.25) is 0 Å². The first-order chi connectivity index (χ1) is 12.9. The Morgan fingerprint density at radius 2 is 1.83 bits per heavy atom. The molecule has 0 bridgehead atoms. The fourth-order valence-corrected chi connectivity index (χ4v) is 5.81. The van der Waals surface area contributed by atoms with Crippen molar-refractivity contribution in [3.05, 3.63) is 28.2 Å². The number of aromatic nitrogens is 1. The van der Waals surface area contributed by atoms with Gasteiger partial charge in [-0.2, -0.15) is 0 Å². The van der Waals surface area contributed by atoms with Crippen molar-refractivity contribution in [2.24, 2.45) is 5.41 Å². The van der Waals surface area contributed by atoms with Crippen molar-refractivity contribution in [1.29, 1.82) is 0 Å². The largest absolute Gasteiger partial charge is 0.598 e. The molecule has 4 nitrogen and oxygen atoms in total.